The van der Waals surface area contributed by atoms with Gasteiger partial charge in [0.25, 0.3) is 5.91 Å². The van der Waals surface area contributed by atoms with Crippen LogP contribution < -0.4 is 16.4 Å². The van der Waals surface area contributed by atoms with Gasteiger partial charge in [-0.05, 0) is 12.8 Å². The van der Waals surface area contributed by atoms with E-state index in [1.807, 2.05) is 6.07 Å². The van der Waals surface area contributed by atoms with Crippen molar-refractivity contribution in [2.24, 2.45) is 0 Å². The molecule has 2 rings (SSSR count). The van der Waals surface area contributed by atoms with Crippen molar-refractivity contribution in [3.8, 4) is 6.07 Å². The number of anilines is 2. The predicted molar refractivity (Wildman–Crippen MR) is 74.3 cm³/mol. The Kier molecular flexibility index (Phi) is 4.24. The molecule has 1 aliphatic heterocycles. The number of nitrogen functional groups attached to an aromatic ring is 1. The molecular weight excluding hydrogens is 264 g/mol. The topological polar surface area (TPSA) is 100 Å². The van der Waals surface area contributed by atoms with Crippen LogP contribution in [-0.2, 0) is 4.74 Å². The van der Waals surface area contributed by atoms with Crippen LogP contribution in [0.3, 0.4) is 0 Å². The molecule has 102 valence electrons. The maximum Gasteiger partial charge on any atom is 0.256 e. The molecule has 0 radical (unpaired) electrons. The predicted octanol–water partition coefficient (Wildman–Crippen LogP) is 1.15. The van der Waals surface area contributed by atoms with Crippen molar-refractivity contribution in [1.82, 2.24) is 5.32 Å². The molecule has 1 atom stereocenters. The van der Waals surface area contributed by atoms with Gasteiger partial charge in [-0.1, -0.05) is 0 Å². The van der Waals surface area contributed by atoms with Gasteiger partial charge in [-0.15, -0.1) is 11.3 Å². The summed E-state index contributed by atoms with van der Waals surface area (Å²) in [5.74, 6) is -0.287. The van der Waals surface area contributed by atoms with Gasteiger partial charge in [0.15, 0.2) is 0 Å². The summed E-state index contributed by atoms with van der Waals surface area (Å²) >= 11 is 1.20. The highest BCUT2D eigenvalue weighted by molar-refractivity contribution is 7.17. The fourth-order valence-corrected chi connectivity index (χ4v) is 2.94. The van der Waals surface area contributed by atoms with Gasteiger partial charge in [0.05, 0.1) is 17.4 Å². The van der Waals surface area contributed by atoms with Gasteiger partial charge < -0.3 is 21.1 Å². The summed E-state index contributed by atoms with van der Waals surface area (Å²) in [4.78, 5) is 12.2. The number of nitrogens with two attached hydrogens (primary N) is 1. The molecule has 19 heavy (non-hydrogen) atoms. The molecule has 1 fully saturated rings. The van der Waals surface area contributed by atoms with Gasteiger partial charge in [0.1, 0.15) is 15.9 Å². The lowest BCUT2D eigenvalue weighted by Gasteiger charge is -2.11. The molecule has 0 aromatic carbocycles. The first-order chi connectivity index (χ1) is 9.17. The van der Waals surface area contributed by atoms with E-state index in [1.165, 1.54) is 18.4 Å². The third-order valence-electron chi connectivity index (χ3n) is 3.02. The van der Waals surface area contributed by atoms with Crippen LogP contribution in [0.25, 0.3) is 0 Å². The summed E-state index contributed by atoms with van der Waals surface area (Å²) in [6.07, 6.45) is 2.23. The average Bonchev–Trinajstić information content (AvgIpc) is 3.03. The molecule has 1 saturated heterocycles. The number of rotatable bonds is 4. The van der Waals surface area contributed by atoms with E-state index in [2.05, 4.69) is 10.6 Å². The number of ether oxygens (including phenoxy) is 1. The second kappa shape index (κ2) is 5.91. The molecule has 6 nitrogen and oxygen atoms in total. The van der Waals surface area contributed by atoms with Crippen LogP contribution in [0, 0.1) is 11.3 Å². The van der Waals surface area contributed by atoms with Crippen LogP contribution in [0.4, 0.5) is 10.7 Å². The summed E-state index contributed by atoms with van der Waals surface area (Å²) < 4.78 is 5.51. The molecule has 1 amide bonds. The normalized spacial score (nSPS) is 18.0. The monoisotopic (exact) mass is 280 g/mol. The molecule has 1 unspecified atom stereocenters. The molecule has 7 heteroatoms. The number of thiophene rings is 1. The first-order valence-corrected chi connectivity index (χ1v) is 6.89. The van der Waals surface area contributed by atoms with Crippen molar-refractivity contribution in [3.63, 3.8) is 0 Å². The number of carbonyl (C=O) groups is 1. The highest BCUT2D eigenvalue weighted by Gasteiger charge is 2.22. The van der Waals surface area contributed by atoms with Crippen molar-refractivity contribution in [3.05, 3.63) is 10.4 Å². The zero-order chi connectivity index (χ0) is 13.8. The van der Waals surface area contributed by atoms with E-state index in [4.69, 9.17) is 15.7 Å². The molecule has 2 heterocycles. The Bertz CT molecular complexity index is 515. The van der Waals surface area contributed by atoms with Gasteiger partial charge >= 0.3 is 0 Å². The third kappa shape index (κ3) is 2.80. The van der Waals surface area contributed by atoms with Crippen LogP contribution in [0.5, 0.6) is 0 Å². The Hall–Kier alpha value is -1.78. The fraction of sp³-hybridized carbons (Fsp3) is 0.500. The largest absolute Gasteiger partial charge is 0.396 e. The van der Waals surface area contributed by atoms with Crippen LogP contribution >= 0.6 is 11.3 Å². The maximum absolute atomic E-state index is 11.8. The first-order valence-electron chi connectivity index (χ1n) is 6.07. The van der Waals surface area contributed by atoms with E-state index in [1.54, 1.807) is 0 Å². The van der Waals surface area contributed by atoms with Crippen LogP contribution in [0.2, 0.25) is 0 Å². The van der Waals surface area contributed by atoms with Crippen molar-refractivity contribution in [1.29, 1.82) is 5.26 Å². The number of hydrogen-bond acceptors (Lipinski definition) is 6. The van der Waals surface area contributed by atoms with E-state index in [-0.39, 0.29) is 17.7 Å². The Morgan fingerprint density at radius 2 is 2.47 bits per heavy atom. The summed E-state index contributed by atoms with van der Waals surface area (Å²) in [6.45, 7) is 1.40. The molecule has 1 aromatic rings. The minimum atomic E-state index is -0.287. The molecule has 1 aromatic heterocycles. The molecule has 0 spiro atoms. The lowest BCUT2D eigenvalue weighted by Crippen LogP contribution is -2.22. The highest BCUT2D eigenvalue weighted by atomic mass is 32.1. The van der Waals surface area contributed by atoms with E-state index >= 15 is 0 Å². The number of nitrogens with zero attached hydrogens (tertiary/aromatic N) is 1. The summed E-state index contributed by atoms with van der Waals surface area (Å²) in [6, 6.07) is 2.01. The number of carbonyl (C=O) groups excluding carboxylic acids is 1. The first kappa shape index (κ1) is 13.6. The average molecular weight is 280 g/mol. The standard InChI is InChI=1S/C12H16N4O2S/c1-15-11(17)9-10(14)8(5-13)19-12(9)16-6-7-3-2-4-18-7/h7,16H,2-4,6,14H2,1H3,(H,15,17). The minimum absolute atomic E-state index is 0.159. The molecule has 0 aliphatic carbocycles. The lowest BCUT2D eigenvalue weighted by molar-refractivity contribution is 0.0964. The second-order valence-corrected chi connectivity index (χ2v) is 5.28. The molecule has 0 bridgehead atoms. The summed E-state index contributed by atoms with van der Waals surface area (Å²) in [7, 11) is 1.54. The smallest absolute Gasteiger partial charge is 0.256 e. The second-order valence-electron chi connectivity index (χ2n) is 4.26. The fourth-order valence-electron chi connectivity index (χ4n) is 2.01. The van der Waals surface area contributed by atoms with Gasteiger partial charge in [-0.2, -0.15) is 5.26 Å². The molecular formula is C12H16N4O2S. The Morgan fingerprint density at radius 1 is 1.68 bits per heavy atom. The zero-order valence-corrected chi connectivity index (χ0v) is 11.5. The Morgan fingerprint density at radius 3 is 3.05 bits per heavy atom. The quantitative estimate of drug-likeness (QED) is 0.768. The van der Waals surface area contributed by atoms with Gasteiger partial charge in [-0.25, -0.2) is 0 Å². The minimum Gasteiger partial charge on any atom is -0.396 e. The van der Waals surface area contributed by atoms with Crippen LogP contribution in [-0.4, -0.2) is 32.2 Å². The summed E-state index contributed by atoms with van der Waals surface area (Å²) in [5, 5.41) is 15.3. The third-order valence-corrected chi connectivity index (χ3v) is 4.08. The molecule has 0 saturated carbocycles. The van der Waals surface area contributed by atoms with E-state index in [0.717, 1.165) is 19.4 Å². The van der Waals surface area contributed by atoms with E-state index in [9.17, 15) is 4.79 Å². The summed E-state index contributed by atoms with van der Waals surface area (Å²) in [5.41, 5.74) is 6.42. The van der Waals surface area contributed by atoms with Crippen LogP contribution in [0.1, 0.15) is 28.1 Å². The van der Waals surface area contributed by atoms with Gasteiger partial charge in [0.2, 0.25) is 0 Å². The molecule has 1 aliphatic rings. The SMILES string of the molecule is CNC(=O)c1c(NCC2CCCO2)sc(C#N)c1N. The maximum atomic E-state index is 11.8. The van der Waals surface area contributed by atoms with Crippen molar-refractivity contribution >= 4 is 27.9 Å². The lowest BCUT2D eigenvalue weighted by atomic mass is 10.2. The van der Waals surface area contributed by atoms with Crippen molar-refractivity contribution in [2.75, 3.05) is 31.2 Å². The van der Waals surface area contributed by atoms with E-state index in [0.29, 0.717) is 22.0 Å². The Labute approximate surface area is 115 Å². The van der Waals surface area contributed by atoms with Crippen molar-refractivity contribution in [2.45, 2.75) is 18.9 Å². The van der Waals surface area contributed by atoms with Crippen molar-refractivity contribution < 1.29 is 9.53 Å². The van der Waals surface area contributed by atoms with Gasteiger partial charge in [-0.3, -0.25) is 4.79 Å². The van der Waals surface area contributed by atoms with Gasteiger partial charge in [0, 0.05) is 20.2 Å². The Balaban J connectivity index is 2.18. The van der Waals surface area contributed by atoms with Crippen LogP contribution in [0.15, 0.2) is 0 Å². The number of hydrogen-bond donors (Lipinski definition) is 3. The number of nitrogens with one attached hydrogen (secondary N) is 2. The zero-order valence-electron chi connectivity index (χ0n) is 10.7. The molecule has 4 N–H and O–H groups in total. The number of amides is 1. The number of nitriles is 1. The van der Waals surface area contributed by atoms with E-state index < -0.39 is 0 Å². The highest BCUT2D eigenvalue weighted by Crippen LogP contribution is 2.35.